The van der Waals surface area contributed by atoms with Gasteiger partial charge in [-0.25, -0.2) is 9.50 Å². The number of hydrogen-bond acceptors (Lipinski definition) is 5. The first-order valence-corrected chi connectivity index (χ1v) is 7.61. The summed E-state index contributed by atoms with van der Waals surface area (Å²) in [7, 11) is 0. The number of likely N-dealkylation sites (tertiary alicyclic amines) is 1. The number of amides is 1. The molecule has 3 aromatic heterocycles. The molecule has 1 saturated heterocycles. The summed E-state index contributed by atoms with van der Waals surface area (Å²) in [6.45, 7) is 5.34. The average Bonchev–Trinajstić information content (AvgIpc) is 3.24. The Balaban J connectivity index is 1.55. The highest BCUT2D eigenvalue weighted by Gasteiger charge is 2.31. The third kappa shape index (κ3) is 2.36. The van der Waals surface area contributed by atoms with E-state index in [-0.39, 0.29) is 17.8 Å². The zero-order valence-electron chi connectivity index (χ0n) is 13.0. The first-order valence-electron chi connectivity index (χ1n) is 7.61. The fourth-order valence-electron chi connectivity index (χ4n) is 3.11. The zero-order chi connectivity index (χ0) is 16.0. The van der Waals surface area contributed by atoms with E-state index in [0.717, 1.165) is 17.8 Å². The molecule has 1 fully saturated rings. The van der Waals surface area contributed by atoms with Crippen molar-refractivity contribution in [2.75, 3.05) is 13.1 Å². The van der Waals surface area contributed by atoms with Crippen molar-refractivity contribution in [3.63, 3.8) is 0 Å². The van der Waals surface area contributed by atoms with Crippen molar-refractivity contribution in [3.8, 4) is 0 Å². The molecule has 1 aliphatic rings. The molecule has 1 unspecified atom stereocenters. The molecule has 1 amide bonds. The summed E-state index contributed by atoms with van der Waals surface area (Å²) in [5.41, 5.74) is 2.12. The molecular weight excluding hydrogens is 294 g/mol. The van der Waals surface area contributed by atoms with Gasteiger partial charge in [0.25, 0.3) is 11.7 Å². The predicted molar refractivity (Wildman–Crippen MR) is 82.0 cm³/mol. The highest BCUT2D eigenvalue weighted by atomic mass is 16.2. The lowest BCUT2D eigenvalue weighted by Crippen LogP contribution is -2.30. The summed E-state index contributed by atoms with van der Waals surface area (Å²) in [6, 6.07) is 4.02. The highest BCUT2D eigenvalue weighted by molar-refractivity contribution is 5.91. The molecule has 8 heteroatoms. The van der Waals surface area contributed by atoms with E-state index in [1.807, 2.05) is 18.5 Å². The quantitative estimate of drug-likeness (QED) is 0.706. The Labute approximate surface area is 132 Å². The molecular formula is C15H17N7O. The van der Waals surface area contributed by atoms with E-state index >= 15 is 0 Å². The molecule has 0 saturated carbocycles. The van der Waals surface area contributed by atoms with Gasteiger partial charge in [0.2, 0.25) is 5.82 Å². The van der Waals surface area contributed by atoms with Crippen LogP contribution in [-0.4, -0.2) is 53.3 Å². The van der Waals surface area contributed by atoms with E-state index in [0.29, 0.717) is 18.9 Å². The SMILES string of the molecule is Cc1cc(C)n(C2CCN(C(=O)c3nc4ncccn4n3)C2)n1. The summed E-state index contributed by atoms with van der Waals surface area (Å²) in [5.74, 6) is 0.474. The summed E-state index contributed by atoms with van der Waals surface area (Å²) < 4.78 is 3.53. The molecule has 0 spiro atoms. The van der Waals surface area contributed by atoms with Crippen molar-refractivity contribution in [1.82, 2.24) is 34.3 Å². The first kappa shape index (κ1) is 13.9. The molecule has 8 nitrogen and oxygen atoms in total. The number of fused-ring (bicyclic) bond motifs is 1. The lowest BCUT2D eigenvalue weighted by Gasteiger charge is -2.15. The fourth-order valence-corrected chi connectivity index (χ4v) is 3.11. The third-order valence-electron chi connectivity index (χ3n) is 4.15. The average molecular weight is 311 g/mol. The summed E-state index contributed by atoms with van der Waals surface area (Å²) >= 11 is 0. The lowest BCUT2D eigenvalue weighted by molar-refractivity contribution is 0.0775. The predicted octanol–water partition coefficient (Wildman–Crippen LogP) is 1.02. The number of nitrogens with zero attached hydrogens (tertiary/aromatic N) is 7. The van der Waals surface area contributed by atoms with Crippen molar-refractivity contribution in [1.29, 1.82) is 0 Å². The van der Waals surface area contributed by atoms with Crippen LogP contribution in [0, 0.1) is 13.8 Å². The molecule has 0 N–H and O–H groups in total. The van der Waals surface area contributed by atoms with Crippen LogP contribution in [0.2, 0.25) is 0 Å². The van der Waals surface area contributed by atoms with Gasteiger partial charge in [-0.3, -0.25) is 9.48 Å². The molecule has 23 heavy (non-hydrogen) atoms. The number of carbonyl (C=O) groups is 1. The van der Waals surface area contributed by atoms with Gasteiger partial charge in [0, 0.05) is 31.2 Å². The highest BCUT2D eigenvalue weighted by Crippen LogP contribution is 2.24. The normalized spacial score (nSPS) is 18.0. The minimum Gasteiger partial charge on any atom is -0.334 e. The lowest BCUT2D eigenvalue weighted by atomic mass is 10.2. The number of aryl methyl sites for hydroxylation is 2. The standard InChI is InChI=1S/C15H17N7O/c1-10-8-11(2)22(18-10)12-4-7-20(9-12)14(23)13-17-15-16-5-3-6-21(15)19-13/h3,5-6,8,12H,4,7,9H2,1-2H3. The molecule has 1 aliphatic heterocycles. The number of hydrogen-bond donors (Lipinski definition) is 0. The van der Waals surface area contributed by atoms with Gasteiger partial charge < -0.3 is 4.90 Å². The Hall–Kier alpha value is -2.77. The fraction of sp³-hybridized carbons (Fsp3) is 0.400. The molecule has 0 aromatic carbocycles. The number of carbonyl (C=O) groups excluding carboxylic acids is 1. The van der Waals surface area contributed by atoms with Crippen molar-refractivity contribution in [3.05, 3.63) is 41.7 Å². The summed E-state index contributed by atoms with van der Waals surface area (Å²) in [5, 5.41) is 8.73. The Morgan fingerprint density at radius 2 is 2.17 bits per heavy atom. The van der Waals surface area contributed by atoms with Gasteiger partial charge in [-0.05, 0) is 32.4 Å². The molecule has 118 valence electrons. The largest absolute Gasteiger partial charge is 0.334 e. The van der Waals surface area contributed by atoms with Crippen LogP contribution >= 0.6 is 0 Å². The molecule has 0 bridgehead atoms. The van der Waals surface area contributed by atoms with E-state index in [1.54, 1.807) is 23.4 Å². The Kier molecular flexibility index (Phi) is 3.10. The van der Waals surface area contributed by atoms with E-state index < -0.39 is 0 Å². The van der Waals surface area contributed by atoms with Gasteiger partial charge in [0.15, 0.2) is 0 Å². The Bertz CT molecular complexity index is 848. The topological polar surface area (TPSA) is 81.2 Å². The monoisotopic (exact) mass is 311 g/mol. The maximum absolute atomic E-state index is 12.6. The second-order valence-electron chi connectivity index (χ2n) is 5.87. The second-order valence-corrected chi connectivity index (χ2v) is 5.87. The summed E-state index contributed by atoms with van der Waals surface area (Å²) in [4.78, 5) is 22.7. The van der Waals surface area contributed by atoms with E-state index in [1.165, 1.54) is 4.52 Å². The zero-order valence-corrected chi connectivity index (χ0v) is 13.0. The van der Waals surface area contributed by atoms with Gasteiger partial charge in [0.1, 0.15) is 0 Å². The third-order valence-corrected chi connectivity index (χ3v) is 4.15. The van der Waals surface area contributed by atoms with Crippen LogP contribution in [0.1, 0.15) is 34.5 Å². The minimum absolute atomic E-state index is 0.153. The van der Waals surface area contributed by atoms with Gasteiger partial charge in [-0.1, -0.05) is 0 Å². The first-order chi connectivity index (χ1) is 11.1. The smallest absolute Gasteiger partial charge is 0.293 e. The molecule has 1 atom stereocenters. The van der Waals surface area contributed by atoms with Crippen molar-refractivity contribution < 1.29 is 4.79 Å². The van der Waals surface area contributed by atoms with Crippen molar-refractivity contribution in [2.24, 2.45) is 0 Å². The second kappa shape index (κ2) is 5.15. The van der Waals surface area contributed by atoms with Crippen LogP contribution < -0.4 is 0 Å². The molecule has 4 rings (SSSR count). The van der Waals surface area contributed by atoms with Crippen molar-refractivity contribution in [2.45, 2.75) is 26.3 Å². The minimum atomic E-state index is -0.153. The van der Waals surface area contributed by atoms with E-state index in [4.69, 9.17) is 0 Å². The van der Waals surface area contributed by atoms with Crippen LogP contribution in [0.3, 0.4) is 0 Å². The molecule has 0 aliphatic carbocycles. The number of aromatic nitrogens is 6. The van der Waals surface area contributed by atoms with Crippen LogP contribution in [0.5, 0.6) is 0 Å². The van der Waals surface area contributed by atoms with Gasteiger partial charge >= 0.3 is 0 Å². The molecule has 4 heterocycles. The van der Waals surface area contributed by atoms with Crippen LogP contribution in [0.4, 0.5) is 0 Å². The number of rotatable bonds is 2. The van der Waals surface area contributed by atoms with E-state index in [2.05, 4.69) is 26.2 Å². The van der Waals surface area contributed by atoms with Gasteiger partial charge in [0.05, 0.1) is 11.7 Å². The van der Waals surface area contributed by atoms with E-state index in [9.17, 15) is 4.79 Å². The van der Waals surface area contributed by atoms with Crippen LogP contribution in [0.15, 0.2) is 24.5 Å². The maximum atomic E-state index is 12.6. The maximum Gasteiger partial charge on any atom is 0.293 e. The van der Waals surface area contributed by atoms with Crippen LogP contribution in [-0.2, 0) is 0 Å². The van der Waals surface area contributed by atoms with Gasteiger partial charge in [-0.15, -0.1) is 5.10 Å². The van der Waals surface area contributed by atoms with Gasteiger partial charge in [-0.2, -0.15) is 10.1 Å². The Morgan fingerprint density at radius 3 is 2.91 bits per heavy atom. The summed E-state index contributed by atoms with van der Waals surface area (Å²) in [6.07, 6.45) is 4.25. The van der Waals surface area contributed by atoms with Crippen LogP contribution in [0.25, 0.3) is 5.78 Å². The van der Waals surface area contributed by atoms with Crippen molar-refractivity contribution >= 4 is 11.7 Å². The molecule has 0 radical (unpaired) electrons. The Morgan fingerprint density at radius 1 is 1.30 bits per heavy atom. The molecule has 3 aromatic rings.